The fraction of sp³-hybridized carbons (Fsp3) is 0.0455. The lowest BCUT2D eigenvalue weighted by molar-refractivity contribution is 0.262. The monoisotopic (exact) mass is 404 g/mol. The number of nitrogens with one attached hydrogen (secondary N) is 2. The number of hydrogen-bond donors (Lipinski definition) is 2. The van der Waals surface area contributed by atoms with Crippen LogP contribution < -0.4 is 10.6 Å². The van der Waals surface area contributed by atoms with Gasteiger partial charge in [0, 0.05) is 27.5 Å². The maximum Gasteiger partial charge on any atom is 0.323 e. The predicted molar refractivity (Wildman–Crippen MR) is 114 cm³/mol. The van der Waals surface area contributed by atoms with Gasteiger partial charge >= 0.3 is 6.03 Å². The third kappa shape index (κ3) is 4.44. The minimum absolute atomic E-state index is 0.373. The molecule has 0 unspecified atom stereocenters. The topological polar surface area (TPSA) is 80.0 Å². The second kappa shape index (κ2) is 8.16. The van der Waals surface area contributed by atoms with E-state index in [4.69, 9.17) is 16.0 Å². The predicted octanol–water partition coefficient (Wildman–Crippen LogP) is 6.01. The van der Waals surface area contributed by atoms with Gasteiger partial charge in [-0.15, -0.1) is 10.2 Å². The first-order valence-electron chi connectivity index (χ1n) is 8.92. The highest BCUT2D eigenvalue weighted by Crippen LogP contribution is 2.26. The van der Waals surface area contributed by atoms with Crippen molar-refractivity contribution >= 4 is 29.0 Å². The molecule has 0 aliphatic heterocycles. The van der Waals surface area contributed by atoms with Gasteiger partial charge in [-0.1, -0.05) is 41.9 Å². The van der Waals surface area contributed by atoms with Crippen LogP contribution in [0.3, 0.4) is 0 Å². The summed E-state index contributed by atoms with van der Waals surface area (Å²) in [6, 6.07) is 21.7. The van der Waals surface area contributed by atoms with Crippen LogP contribution in [0.2, 0.25) is 5.02 Å². The molecule has 4 rings (SSSR count). The molecule has 0 fully saturated rings. The van der Waals surface area contributed by atoms with Crippen LogP contribution in [0, 0.1) is 6.92 Å². The molecule has 0 bridgehead atoms. The molecule has 0 spiro atoms. The molecule has 0 saturated heterocycles. The van der Waals surface area contributed by atoms with Gasteiger partial charge in [-0.25, -0.2) is 4.79 Å². The maximum absolute atomic E-state index is 12.3. The highest BCUT2D eigenvalue weighted by molar-refractivity contribution is 6.31. The summed E-state index contributed by atoms with van der Waals surface area (Å²) in [5.74, 6) is 0.811. The number of benzene rings is 3. The number of amides is 2. The first-order chi connectivity index (χ1) is 14.1. The Hall–Kier alpha value is -3.64. The summed E-state index contributed by atoms with van der Waals surface area (Å²) in [6.45, 7) is 1.90. The molecule has 0 aliphatic rings. The van der Waals surface area contributed by atoms with Crippen LogP contribution in [0.5, 0.6) is 0 Å². The van der Waals surface area contributed by atoms with Crippen molar-refractivity contribution in [1.82, 2.24) is 10.2 Å². The zero-order valence-corrected chi connectivity index (χ0v) is 16.3. The lowest BCUT2D eigenvalue weighted by Crippen LogP contribution is -2.19. The Morgan fingerprint density at radius 3 is 2.21 bits per heavy atom. The summed E-state index contributed by atoms with van der Waals surface area (Å²) in [5.41, 5.74) is 3.70. The van der Waals surface area contributed by atoms with Gasteiger partial charge in [0.2, 0.25) is 11.8 Å². The number of urea groups is 1. The van der Waals surface area contributed by atoms with Gasteiger partial charge in [0.05, 0.1) is 0 Å². The van der Waals surface area contributed by atoms with Crippen molar-refractivity contribution in [3.05, 3.63) is 83.4 Å². The third-order valence-corrected chi connectivity index (χ3v) is 4.65. The van der Waals surface area contributed by atoms with E-state index in [1.165, 1.54) is 0 Å². The number of aryl methyl sites for hydroxylation is 1. The molecule has 1 heterocycles. The minimum Gasteiger partial charge on any atom is -0.416 e. The minimum atomic E-state index is -0.377. The first kappa shape index (κ1) is 18.7. The Labute approximate surface area is 172 Å². The number of hydrogen-bond acceptors (Lipinski definition) is 4. The molecular weight excluding hydrogens is 388 g/mol. The van der Waals surface area contributed by atoms with Crippen LogP contribution in [0.15, 0.2) is 77.2 Å². The van der Waals surface area contributed by atoms with Crippen molar-refractivity contribution in [2.45, 2.75) is 6.92 Å². The van der Waals surface area contributed by atoms with E-state index >= 15 is 0 Å². The van der Waals surface area contributed by atoms with E-state index in [1.807, 2.05) is 49.4 Å². The number of nitrogens with zero attached hydrogens (tertiary/aromatic N) is 2. The van der Waals surface area contributed by atoms with Crippen molar-refractivity contribution in [3.8, 4) is 22.9 Å². The van der Waals surface area contributed by atoms with E-state index < -0.39 is 0 Å². The molecule has 3 aromatic carbocycles. The second-order valence-corrected chi connectivity index (χ2v) is 6.81. The first-order valence-corrected chi connectivity index (χ1v) is 9.30. The summed E-state index contributed by atoms with van der Waals surface area (Å²) in [7, 11) is 0. The molecule has 0 saturated carbocycles. The van der Waals surface area contributed by atoms with Crippen LogP contribution in [0.1, 0.15) is 5.56 Å². The molecule has 29 heavy (non-hydrogen) atoms. The highest BCUT2D eigenvalue weighted by Gasteiger charge is 2.11. The molecule has 1 aromatic heterocycles. The summed E-state index contributed by atoms with van der Waals surface area (Å²) >= 11 is 6.10. The standard InChI is InChI=1S/C22H17ClN4O2/c1-14-10-11-18(13-19(14)23)25-22(28)24-17-9-5-8-16(12-17)21-27-26-20(29-21)15-6-3-2-4-7-15/h2-13H,1H3,(H2,24,25,28). The van der Waals surface area contributed by atoms with Crippen molar-refractivity contribution in [2.24, 2.45) is 0 Å². The van der Waals surface area contributed by atoms with E-state index in [2.05, 4.69) is 20.8 Å². The molecule has 0 radical (unpaired) electrons. The Morgan fingerprint density at radius 2 is 1.48 bits per heavy atom. The molecule has 2 amide bonds. The average molecular weight is 405 g/mol. The van der Waals surface area contributed by atoms with Crippen molar-refractivity contribution < 1.29 is 9.21 Å². The smallest absolute Gasteiger partial charge is 0.323 e. The number of halogens is 1. The third-order valence-electron chi connectivity index (χ3n) is 4.24. The zero-order valence-electron chi connectivity index (χ0n) is 15.5. The second-order valence-electron chi connectivity index (χ2n) is 6.40. The largest absolute Gasteiger partial charge is 0.416 e. The molecule has 6 nitrogen and oxygen atoms in total. The Morgan fingerprint density at radius 1 is 0.828 bits per heavy atom. The van der Waals surface area contributed by atoms with Crippen LogP contribution in [0.4, 0.5) is 16.2 Å². The molecule has 7 heteroatoms. The fourth-order valence-electron chi connectivity index (χ4n) is 2.73. The van der Waals surface area contributed by atoms with Gasteiger partial charge < -0.3 is 15.1 Å². The Bertz CT molecular complexity index is 1160. The van der Waals surface area contributed by atoms with Gasteiger partial charge in [-0.2, -0.15) is 0 Å². The lowest BCUT2D eigenvalue weighted by Gasteiger charge is -2.09. The molecule has 144 valence electrons. The van der Waals surface area contributed by atoms with Crippen molar-refractivity contribution in [1.29, 1.82) is 0 Å². The SMILES string of the molecule is Cc1ccc(NC(=O)Nc2cccc(-c3nnc(-c4ccccc4)o3)c2)cc1Cl. The quantitative estimate of drug-likeness (QED) is 0.436. The average Bonchev–Trinajstić information content (AvgIpc) is 3.22. The molecular formula is C22H17ClN4O2. The van der Waals surface area contributed by atoms with E-state index in [-0.39, 0.29) is 6.03 Å². The summed E-state index contributed by atoms with van der Waals surface area (Å²) < 4.78 is 5.77. The van der Waals surface area contributed by atoms with Gasteiger partial charge in [0.25, 0.3) is 0 Å². The Kier molecular flexibility index (Phi) is 5.27. The summed E-state index contributed by atoms with van der Waals surface area (Å²) in [5, 5.41) is 14.3. The summed E-state index contributed by atoms with van der Waals surface area (Å²) in [6.07, 6.45) is 0. The molecule has 0 atom stereocenters. The normalized spacial score (nSPS) is 10.6. The van der Waals surface area contributed by atoms with Crippen LogP contribution in [-0.4, -0.2) is 16.2 Å². The van der Waals surface area contributed by atoms with Crippen LogP contribution in [-0.2, 0) is 0 Å². The number of rotatable bonds is 4. The lowest BCUT2D eigenvalue weighted by atomic mass is 10.2. The van der Waals surface area contributed by atoms with Gasteiger partial charge in [0.15, 0.2) is 0 Å². The van der Waals surface area contributed by atoms with Crippen molar-refractivity contribution in [3.63, 3.8) is 0 Å². The van der Waals surface area contributed by atoms with E-state index in [1.54, 1.807) is 30.3 Å². The number of carbonyl (C=O) groups excluding carboxylic acids is 1. The molecule has 0 aliphatic carbocycles. The number of carbonyl (C=O) groups is 1. The van der Waals surface area contributed by atoms with Gasteiger partial charge in [-0.05, 0) is 55.0 Å². The Balaban J connectivity index is 1.48. The maximum atomic E-state index is 12.3. The summed E-state index contributed by atoms with van der Waals surface area (Å²) in [4.78, 5) is 12.3. The van der Waals surface area contributed by atoms with Crippen LogP contribution >= 0.6 is 11.6 Å². The van der Waals surface area contributed by atoms with Gasteiger partial charge in [-0.3, -0.25) is 0 Å². The zero-order chi connectivity index (χ0) is 20.2. The van der Waals surface area contributed by atoms with E-state index in [0.29, 0.717) is 33.7 Å². The van der Waals surface area contributed by atoms with Gasteiger partial charge in [0.1, 0.15) is 0 Å². The van der Waals surface area contributed by atoms with Crippen molar-refractivity contribution in [2.75, 3.05) is 10.6 Å². The fourth-order valence-corrected chi connectivity index (χ4v) is 2.91. The van der Waals surface area contributed by atoms with Crippen LogP contribution in [0.25, 0.3) is 22.9 Å². The van der Waals surface area contributed by atoms with E-state index in [0.717, 1.165) is 11.1 Å². The molecule has 4 aromatic rings. The number of anilines is 2. The highest BCUT2D eigenvalue weighted by atomic mass is 35.5. The van der Waals surface area contributed by atoms with E-state index in [9.17, 15) is 4.79 Å². The molecule has 2 N–H and O–H groups in total. The number of aromatic nitrogens is 2.